The monoisotopic (exact) mass is 388 g/mol. The van der Waals surface area contributed by atoms with E-state index in [0.717, 1.165) is 0 Å². The van der Waals surface area contributed by atoms with E-state index < -0.39 is 35.3 Å². The van der Waals surface area contributed by atoms with Crippen molar-refractivity contribution >= 4 is 25.0 Å². The van der Waals surface area contributed by atoms with E-state index in [1.807, 2.05) is 0 Å². The van der Waals surface area contributed by atoms with E-state index in [4.69, 9.17) is 25.6 Å². The van der Waals surface area contributed by atoms with Crippen LogP contribution in [0, 0.1) is 0 Å². The molecule has 3 atom stereocenters. The fourth-order valence-electron chi connectivity index (χ4n) is 3.82. The minimum absolute atomic E-state index is 0.205. The zero-order chi connectivity index (χ0) is 19.6. The van der Waals surface area contributed by atoms with Crippen LogP contribution < -0.4 is 0 Å². The van der Waals surface area contributed by atoms with E-state index in [0.29, 0.717) is 6.61 Å². The lowest BCUT2D eigenvalue weighted by Crippen LogP contribution is -2.62. The SMILES string of the molecule is [B][C@@H]1OC[C@@H](O[Si](O[Si](OC)(C(C)C)C(C)C)(C(C)C)C(C)C)[C@@H]1O. The molecule has 0 aromatic rings. The Kier molecular flexibility index (Phi) is 8.39. The van der Waals surface area contributed by atoms with Gasteiger partial charge in [0.15, 0.2) is 0 Å². The molecule has 2 radical (unpaired) electrons. The van der Waals surface area contributed by atoms with Crippen LogP contribution in [0.3, 0.4) is 0 Å². The number of hydrogen-bond donors (Lipinski definition) is 1. The van der Waals surface area contributed by atoms with Crippen molar-refractivity contribution in [2.45, 2.75) is 95.8 Å². The highest BCUT2D eigenvalue weighted by Gasteiger charge is 2.57. The zero-order valence-electron chi connectivity index (χ0n) is 17.4. The Bertz CT molecular complexity index is 404. The Morgan fingerprint density at radius 3 is 1.64 bits per heavy atom. The molecule has 0 aromatic carbocycles. The maximum atomic E-state index is 10.3. The van der Waals surface area contributed by atoms with Gasteiger partial charge in [-0.15, -0.1) is 0 Å². The molecule has 1 saturated heterocycles. The van der Waals surface area contributed by atoms with Crippen molar-refractivity contribution in [1.82, 2.24) is 0 Å². The number of ether oxygens (including phenoxy) is 1. The zero-order valence-corrected chi connectivity index (χ0v) is 19.4. The van der Waals surface area contributed by atoms with Crippen LogP contribution in [-0.4, -0.2) is 62.0 Å². The Morgan fingerprint density at radius 2 is 1.36 bits per heavy atom. The summed E-state index contributed by atoms with van der Waals surface area (Å²) in [6, 6.07) is -0.698. The molecule has 1 N–H and O–H groups in total. The third-order valence-electron chi connectivity index (χ3n) is 5.36. The van der Waals surface area contributed by atoms with Crippen molar-refractivity contribution in [1.29, 1.82) is 0 Å². The van der Waals surface area contributed by atoms with Crippen LogP contribution >= 0.6 is 0 Å². The van der Waals surface area contributed by atoms with Crippen LogP contribution in [0.4, 0.5) is 0 Å². The molecule has 0 aromatic heterocycles. The van der Waals surface area contributed by atoms with Crippen molar-refractivity contribution < 1.29 is 22.8 Å². The second-order valence-electron chi connectivity index (χ2n) is 8.31. The van der Waals surface area contributed by atoms with Gasteiger partial charge in [0.25, 0.3) is 0 Å². The number of aliphatic hydroxyl groups excluding tert-OH is 1. The summed E-state index contributed by atoms with van der Waals surface area (Å²) in [7, 11) is 2.31. The Hall–Kier alpha value is 0.299. The lowest BCUT2D eigenvalue weighted by atomic mass is 9.94. The van der Waals surface area contributed by atoms with Crippen molar-refractivity contribution in [3.8, 4) is 0 Å². The molecule has 8 heteroatoms. The van der Waals surface area contributed by atoms with Crippen LogP contribution in [0.2, 0.25) is 22.2 Å². The van der Waals surface area contributed by atoms with Crippen molar-refractivity contribution in [2.24, 2.45) is 0 Å². The number of hydrogen-bond acceptors (Lipinski definition) is 5. The van der Waals surface area contributed by atoms with Gasteiger partial charge < -0.3 is 22.8 Å². The van der Waals surface area contributed by atoms with Gasteiger partial charge in [0.1, 0.15) is 7.85 Å². The van der Waals surface area contributed by atoms with Gasteiger partial charge >= 0.3 is 17.1 Å². The van der Waals surface area contributed by atoms with E-state index in [1.54, 1.807) is 7.11 Å². The van der Waals surface area contributed by atoms with Gasteiger partial charge in [0, 0.05) is 13.1 Å². The first-order chi connectivity index (χ1) is 11.4. The predicted molar refractivity (Wildman–Crippen MR) is 106 cm³/mol. The summed E-state index contributed by atoms with van der Waals surface area (Å²) in [5.41, 5.74) is 0.988. The smallest absolute Gasteiger partial charge is 0.335 e. The molecule has 25 heavy (non-hydrogen) atoms. The molecule has 0 saturated carbocycles. The molecule has 146 valence electrons. The Balaban J connectivity index is 3.27. The fraction of sp³-hybridized carbons (Fsp3) is 1.00. The highest BCUT2D eigenvalue weighted by Crippen LogP contribution is 2.44. The molecule has 1 fully saturated rings. The first-order valence-corrected chi connectivity index (χ1v) is 13.4. The van der Waals surface area contributed by atoms with Gasteiger partial charge in [-0.05, 0) is 22.2 Å². The third kappa shape index (κ3) is 4.59. The minimum Gasteiger partial charge on any atom is -0.414 e. The molecule has 1 aliphatic rings. The van der Waals surface area contributed by atoms with Crippen LogP contribution in [0.1, 0.15) is 55.4 Å². The van der Waals surface area contributed by atoms with Gasteiger partial charge in [-0.2, -0.15) is 0 Å². The average molecular weight is 388 g/mol. The molecule has 0 aliphatic carbocycles. The maximum Gasteiger partial charge on any atom is 0.335 e. The summed E-state index contributed by atoms with van der Waals surface area (Å²) in [4.78, 5) is 0. The Morgan fingerprint density at radius 1 is 0.920 bits per heavy atom. The molecular weight excluding hydrogens is 351 g/mol. The average Bonchev–Trinajstić information content (AvgIpc) is 2.81. The summed E-state index contributed by atoms with van der Waals surface area (Å²) < 4.78 is 25.0. The molecular formula is C17H37BO5Si2. The van der Waals surface area contributed by atoms with E-state index in [1.165, 1.54) is 0 Å². The third-order valence-corrected chi connectivity index (χ3v) is 15.7. The second kappa shape index (κ2) is 8.99. The maximum absolute atomic E-state index is 10.3. The second-order valence-corrected chi connectivity index (χ2v) is 17.3. The lowest BCUT2D eigenvalue weighted by Gasteiger charge is -2.48. The normalized spacial score (nSPS) is 25.8. The van der Waals surface area contributed by atoms with Crippen LogP contribution in [0.25, 0.3) is 0 Å². The standard InChI is InChI=1S/C17H37BO5Si2/c1-11(2)24(20-9,12(3)4)23-25(13(5)6,14(7)8)22-15-10-21-17(18)16(15)19/h11-17,19H,10H2,1-9H3/t15-,16+,17-/m1/s1. The van der Waals surface area contributed by atoms with E-state index in [2.05, 4.69) is 55.4 Å². The molecule has 0 bridgehead atoms. The van der Waals surface area contributed by atoms with Crippen LogP contribution in [0.5, 0.6) is 0 Å². The summed E-state index contributed by atoms with van der Waals surface area (Å²) >= 11 is 0. The van der Waals surface area contributed by atoms with Gasteiger partial charge in [-0.3, -0.25) is 0 Å². The lowest BCUT2D eigenvalue weighted by molar-refractivity contribution is 0.0379. The molecule has 1 aliphatic heterocycles. The highest BCUT2D eigenvalue weighted by molar-refractivity contribution is 6.83. The summed E-state index contributed by atoms with van der Waals surface area (Å²) in [5, 5.41) is 10.3. The molecule has 0 amide bonds. The predicted octanol–water partition coefficient (Wildman–Crippen LogP) is 3.44. The van der Waals surface area contributed by atoms with Crippen molar-refractivity contribution in [3.63, 3.8) is 0 Å². The summed E-state index contributed by atoms with van der Waals surface area (Å²) in [6.07, 6.45) is -1.28. The molecule has 0 spiro atoms. The molecule has 5 nitrogen and oxygen atoms in total. The van der Waals surface area contributed by atoms with E-state index >= 15 is 0 Å². The van der Waals surface area contributed by atoms with Crippen LogP contribution in [0.15, 0.2) is 0 Å². The minimum atomic E-state index is -2.73. The highest BCUT2D eigenvalue weighted by atomic mass is 28.5. The van der Waals surface area contributed by atoms with Gasteiger partial charge in [0.2, 0.25) is 0 Å². The van der Waals surface area contributed by atoms with Gasteiger partial charge in [-0.1, -0.05) is 55.4 Å². The van der Waals surface area contributed by atoms with Gasteiger partial charge in [0.05, 0.1) is 18.8 Å². The number of aliphatic hydroxyl groups is 1. The van der Waals surface area contributed by atoms with Crippen LogP contribution in [-0.2, 0) is 17.7 Å². The summed E-state index contributed by atoms with van der Waals surface area (Å²) in [6.45, 7) is 17.5. The number of rotatable bonds is 9. The molecule has 1 heterocycles. The van der Waals surface area contributed by atoms with Crippen molar-refractivity contribution in [3.05, 3.63) is 0 Å². The summed E-state index contributed by atoms with van der Waals surface area (Å²) in [5.74, 6) is 0. The topological polar surface area (TPSA) is 57.2 Å². The largest absolute Gasteiger partial charge is 0.414 e. The molecule has 1 rings (SSSR count). The molecule has 0 unspecified atom stereocenters. The fourth-order valence-corrected chi connectivity index (χ4v) is 14.9. The first-order valence-electron chi connectivity index (χ1n) is 9.42. The van der Waals surface area contributed by atoms with Crippen molar-refractivity contribution in [2.75, 3.05) is 13.7 Å². The first kappa shape index (κ1) is 23.3. The van der Waals surface area contributed by atoms with Gasteiger partial charge in [-0.25, -0.2) is 0 Å². The Labute approximate surface area is 157 Å². The van der Waals surface area contributed by atoms with E-state index in [-0.39, 0.29) is 22.2 Å². The quantitative estimate of drug-likeness (QED) is 0.613. The van der Waals surface area contributed by atoms with E-state index in [9.17, 15) is 5.11 Å².